The molecule has 0 heterocycles. The minimum atomic E-state index is -0.358. The standard InChI is InChI=1S/C29H28.3C2H6/c1-21-5-13-25(14-6-21)29(26-15-7-22(2)8-16-26,27-17-9-23(3)10-18-27)28-19-11-24(4)12-20-28;3*1-2/h5-20H,1-4H3;3*1-2H3. The maximum atomic E-state index is 2.29. The highest BCUT2D eigenvalue weighted by atomic mass is 14.4. The van der Waals surface area contributed by atoms with Crippen LogP contribution in [0.5, 0.6) is 0 Å². The van der Waals surface area contributed by atoms with E-state index in [4.69, 9.17) is 0 Å². The van der Waals surface area contributed by atoms with Crippen LogP contribution >= 0.6 is 0 Å². The van der Waals surface area contributed by atoms with Crippen LogP contribution in [0.25, 0.3) is 0 Å². The van der Waals surface area contributed by atoms with Crippen LogP contribution in [-0.4, -0.2) is 0 Å². The van der Waals surface area contributed by atoms with Gasteiger partial charge in [-0.05, 0) is 49.9 Å². The molecule has 0 aliphatic rings. The second kappa shape index (κ2) is 15.0. The molecule has 0 N–H and O–H groups in total. The molecular weight excluding hydrogens is 420 g/mol. The van der Waals surface area contributed by atoms with Gasteiger partial charge in [-0.2, -0.15) is 0 Å². The Bertz CT molecular complexity index is 893. The van der Waals surface area contributed by atoms with Gasteiger partial charge in [0.25, 0.3) is 0 Å². The molecule has 0 nitrogen and oxygen atoms in total. The van der Waals surface area contributed by atoms with Gasteiger partial charge in [0.2, 0.25) is 0 Å². The Morgan fingerprint density at radius 1 is 0.286 bits per heavy atom. The zero-order valence-corrected chi connectivity index (χ0v) is 23.7. The first-order valence-corrected chi connectivity index (χ1v) is 13.3. The maximum absolute atomic E-state index is 2.29. The van der Waals surface area contributed by atoms with Crippen molar-refractivity contribution >= 4 is 0 Å². The van der Waals surface area contributed by atoms with Crippen molar-refractivity contribution in [3.05, 3.63) is 142 Å². The van der Waals surface area contributed by atoms with Gasteiger partial charge in [-0.25, -0.2) is 0 Å². The van der Waals surface area contributed by atoms with Gasteiger partial charge in [-0.15, -0.1) is 0 Å². The summed E-state index contributed by atoms with van der Waals surface area (Å²) in [6.07, 6.45) is 0. The van der Waals surface area contributed by atoms with Crippen molar-refractivity contribution in [3.63, 3.8) is 0 Å². The molecule has 0 fully saturated rings. The van der Waals surface area contributed by atoms with Crippen LogP contribution in [0.3, 0.4) is 0 Å². The Balaban J connectivity index is 0.000000949. The molecule has 0 heteroatoms. The summed E-state index contributed by atoms with van der Waals surface area (Å²) in [6.45, 7) is 20.6. The van der Waals surface area contributed by atoms with E-state index in [0.717, 1.165) is 0 Å². The smallest absolute Gasteiger partial charge is 0.0683 e. The van der Waals surface area contributed by atoms with E-state index in [-0.39, 0.29) is 5.41 Å². The molecule has 0 aliphatic carbocycles. The molecule has 0 atom stereocenters. The largest absolute Gasteiger partial charge is 0.0701 e. The summed E-state index contributed by atoms with van der Waals surface area (Å²) in [7, 11) is 0. The molecule has 0 unspecified atom stereocenters. The van der Waals surface area contributed by atoms with Crippen molar-refractivity contribution in [2.75, 3.05) is 0 Å². The first kappa shape index (κ1) is 29.9. The van der Waals surface area contributed by atoms with E-state index < -0.39 is 0 Å². The van der Waals surface area contributed by atoms with Crippen molar-refractivity contribution < 1.29 is 0 Å². The minimum Gasteiger partial charge on any atom is -0.0683 e. The first-order valence-electron chi connectivity index (χ1n) is 13.3. The monoisotopic (exact) mass is 466 g/mol. The average Bonchev–Trinajstić information content (AvgIpc) is 2.92. The molecular formula is C35H46. The summed E-state index contributed by atoms with van der Waals surface area (Å²) >= 11 is 0. The lowest BCUT2D eigenvalue weighted by molar-refractivity contribution is 0.743. The van der Waals surface area contributed by atoms with Gasteiger partial charge in [0.15, 0.2) is 0 Å². The van der Waals surface area contributed by atoms with Gasteiger partial charge in [-0.3, -0.25) is 0 Å². The fourth-order valence-corrected chi connectivity index (χ4v) is 4.21. The SMILES string of the molecule is CC.CC.CC.Cc1ccc(C(c2ccc(C)cc2)(c2ccc(C)cc2)c2ccc(C)cc2)cc1. The summed E-state index contributed by atoms with van der Waals surface area (Å²) in [5.74, 6) is 0. The quantitative estimate of drug-likeness (QED) is 0.262. The molecule has 4 rings (SSSR count). The average molecular weight is 467 g/mol. The third-order valence-corrected chi connectivity index (χ3v) is 5.94. The van der Waals surface area contributed by atoms with E-state index in [1.54, 1.807) is 0 Å². The van der Waals surface area contributed by atoms with Gasteiger partial charge in [0, 0.05) is 0 Å². The van der Waals surface area contributed by atoms with Crippen molar-refractivity contribution in [1.82, 2.24) is 0 Å². The third kappa shape index (κ3) is 6.95. The fourth-order valence-electron chi connectivity index (χ4n) is 4.21. The van der Waals surface area contributed by atoms with Crippen LogP contribution in [0.15, 0.2) is 97.1 Å². The number of benzene rings is 4. The van der Waals surface area contributed by atoms with E-state index in [9.17, 15) is 0 Å². The number of hydrogen-bond acceptors (Lipinski definition) is 0. The van der Waals surface area contributed by atoms with E-state index >= 15 is 0 Å². The Morgan fingerprint density at radius 2 is 0.429 bits per heavy atom. The zero-order valence-electron chi connectivity index (χ0n) is 23.7. The zero-order chi connectivity index (χ0) is 26.4. The van der Waals surface area contributed by atoms with Crippen LogP contribution < -0.4 is 0 Å². The Hall–Kier alpha value is -3.12. The highest BCUT2D eigenvalue weighted by Crippen LogP contribution is 2.45. The highest BCUT2D eigenvalue weighted by Gasteiger charge is 2.38. The second-order valence-electron chi connectivity index (χ2n) is 8.21. The predicted molar refractivity (Wildman–Crippen MR) is 158 cm³/mol. The molecule has 4 aromatic rings. The molecule has 0 aliphatic heterocycles. The minimum absolute atomic E-state index is 0.358. The van der Waals surface area contributed by atoms with Crippen LogP contribution in [-0.2, 0) is 5.41 Å². The summed E-state index contributed by atoms with van der Waals surface area (Å²) in [5.41, 5.74) is 9.92. The Morgan fingerprint density at radius 3 is 0.571 bits per heavy atom. The first-order chi connectivity index (χ1) is 17.0. The van der Waals surface area contributed by atoms with Crippen molar-refractivity contribution in [1.29, 1.82) is 0 Å². The van der Waals surface area contributed by atoms with E-state index in [1.807, 2.05) is 41.5 Å². The summed E-state index contributed by atoms with van der Waals surface area (Å²) < 4.78 is 0. The van der Waals surface area contributed by atoms with Crippen LogP contribution in [0.2, 0.25) is 0 Å². The summed E-state index contributed by atoms with van der Waals surface area (Å²) in [4.78, 5) is 0. The Kier molecular flexibility index (Phi) is 12.8. The molecule has 0 saturated heterocycles. The van der Waals surface area contributed by atoms with E-state index in [0.29, 0.717) is 0 Å². The lowest BCUT2D eigenvalue weighted by Gasteiger charge is -2.37. The van der Waals surface area contributed by atoms with Gasteiger partial charge in [0.05, 0.1) is 5.41 Å². The van der Waals surface area contributed by atoms with Crippen molar-refractivity contribution in [3.8, 4) is 0 Å². The molecule has 0 bridgehead atoms. The summed E-state index contributed by atoms with van der Waals surface area (Å²) in [5, 5.41) is 0. The molecule has 0 saturated carbocycles. The lowest BCUT2D eigenvalue weighted by Crippen LogP contribution is -2.31. The van der Waals surface area contributed by atoms with E-state index in [1.165, 1.54) is 44.5 Å². The topological polar surface area (TPSA) is 0 Å². The number of rotatable bonds is 4. The van der Waals surface area contributed by atoms with Gasteiger partial charge in [0.1, 0.15) is 0 Å². The summed E-state index contributed by atoms with van der Waals surface area (Å²) in [6, 6.07) is 36.1. The third-order valence-electron chi connectivity index (χ3n) is 5.94. The van der Waals surface area contributed by atoms with Crippen LogP contribution in [0, 0.1) is 27.7 Å². The maximum Gasteiger partial charge on any atom is 0.0701 e. The molecule has 0 amide bonds. The molecule has 4 aromatic carbocycles. The molecule has 0 radical (unpaired) electrons. The Labute approximate surface area is 216 Å². The van der Waals surface area contributed by atoms with Crippen molar-refractivity contribution in [2.45, 2.75) is 74.7 Å². The van der Waals surface area contributed by atoms with Crippen LogP contribution in [0.4, 0.5) is 0 Å². The van der Waals surface area contributed by atoms with Crippen LogP contribution in [0.1, 0.15) is 86.1 Å². The number of aryl methyl sites for hydroxylation is 4. The molecule has 0 spiro atoms. The number of hydrogen-bond donors (Lipinski definition) is 0. The second-order valence-corrected chi connectivity index (χ2v) is 8.21. The van der Waals surface area contributed by atoms with Gasteiger partial charge in [-0.1, -0.05) is 161 Å². The molecule has 0 aromatic heterocycles. The molecule has 35 heavy (non-hydrogen) atoms. The normalized spacial score (nSPS) is 10.0. The van der Waals surface area contributed by atoms with E-state index in [2.05, 4.69) is 125 Å². The lowest BCUT2D eigenvalue weighted by atomic mass is 9.65. The van der Waals surface area contributed by atoms with Gasteiger partial charge < -0.3 is 0 Å². The van der Waals surface area contributed by atoms with Crippen molar-refractivity contribution in [2.24, 2.45) is 0 Å². The van der Waals surface area contributed by atoms with Gasteiger partial charge >= 0.3 is 0 Å². The predicted octanol–water partition coefficient (Wildman–Crippen LogP) is 10.4. The molecule has 186 valence electrons. The highest BCUT2D eigenvalue weighted by molar-refractivity contribution is 5.60. The fraction of sp³-hybridized carbons (Fsp3) is 0.314.